The summed E-state index contributed by atoms with van der Waals surface area (Å²) in [5.41, 5.74) is 0.863. The molecule has 0 bridgehead atoms. The smallest absolute Gasteiger partial charge is 0.332 e. The van der Waals surface area contributed by atoms with Crippen LogP contribution < -0.4 is 11.2 Å². The number of fused-ring (bicyclic) bond motifs is 1. The third-order valence-electron chi connectivity index (χ3n) is 6.97. The molecular formula is C23H34N4O3. The van der Waals surface area contributed by atoms with Crippen molar-refractivity contribution in [2.24, 2.45) is 13.0 Å². The molecule has 0 aromatic carbocycles. The van der Waals surface area contributed by atoms with E-state index in [-0.39, 0.29) is 11.2 Å². The van der Waals surface area contributed by atoms with Gasteiger partial charge in [-0.3, -0.25) is 13.9 Å². The number of piperidine rings is 1. The van der Waals surface area contributed by atoms with E-state index in [9.17, 15) is 9.59 Å². The summed E-state index contributed by atoms with van der Waals surface area (Å²) in [4.78, 5) is 32.7. The second kappa shape index (κ2) is 9.43. The second-order valence-corrected chi connectivity index (χ2v) is 8.98. The summed E-state index contributed by atoms with van der Waals surface area (Å²) in [6.07, 6.45) is 9.14. The molecule has 1 aliphatic carbocycles. The zero-order valence-corrected chi connectivity index (χ0v) is 18.3. The first-order chi connectivity index (χ1) is 14.6. The highest BCUT2D eigenvalue weighted by atomic mass is 16.5. The van der Waals surface area contributed by atoms with Crippen LogP contribution in [0, 0.1) is 5.92 Å². The molecule has 7 heteroatoms. The Balaban J connectivity index is 1.53. The van der Waals surface area contributed by atoms with Gasteiger partial charge in [-0.25, -0.2) is 9.78 Å². The maximum atomic E-state index is 12.7. The molecule has 7 nitrogen and oxygen atoms in total. The minimum atomic E-state index is -0.337. The number of likely N-dealkylation sites (tertiary alicyclic amines) is 1. The minimum Gasteiger partial charge on any atom is -0.383 e. The third-order valence-corrected chi connectivity index (χ3v) is 6.97. The average Bonchev–Trinajstić information content (AvgIpc) is 2.78. The van der Waals surface area contributed by atoms with Gasteiger partial charge in [-0.05, 0) is 56.8 Å². The first-order valence-electron chi connectivity index (χ1n) is 11.4. The molecule has 0 spiro atoms. The number of hydrogen-bond acceptors (Lipinski definition) is 5. The molecule has 2 aliphatic rings. The first-order valence-corrected chi connectivity index (χ1v) is 11.4. The van der Waals surface area contributed by atoms with E-state index in [1.807, 2.05) is 12.1 Å². The first kappa shape index (κ1) is 21.2. The summed E-state index contributed by atoms with van der Waals surface area (Å²) in [6, 6.07) is 3.83. The summed E-state index contributed by atoms with van der Waals surface area (Å²) in [5.74, 6) is 1.26. The largest absolute Gasteiger partial charge is 0.383 e. The number of ether oxygens (including phenoxy) is 1. The van der Waals surface area contributed by atoms with Gasteiger partial charge in [-0.15, -0.1) is 0 Å². The van der Waals surface area contributed by atoms with Crippen molar-refractivity contribution < 1.29 is 4.74 Å². The average molecular weight is 415 g/mol. The van der Waals surface area contributed by atoms with Crippen molar-refractivity contribution in [3.8, 4) is 0 Å². The van der Waals surface area contributed by atoms with Crippen molar-refractivity contribution in [2.75, 3.05) is 33.4 Å². The fourth-order valence-electron chi connectivity index (χ4n) is 5.13. The Morgan fingerprint density at radius 2 is 1.80 bits per heavy atom. The second-order valence-electron chi connectivity index (χ2n) is 8.98. The van der Waals surface area contributed by atoms with Crippen molar-refractivity contribution in [3.05, 3.63) is 38.7 Å². The van der Waals surface area contributed by atoms with Gasteiger partial charge in [0.05, 0.1) is 18.5 Å². The van der Waals surface area contributed by atoms with Crippen LogP contribution in [0.2, 0.25) is 0 Å². The van der Waals surface area contributed by atoms with Crippen LogP contribution >= 0.6 is 0 Å². The van der Waals surface area contributed by atoms with Crippen molar-refractivity contribution in [3.63, 3.8) is 0 Å². The number of methoxy groups -OCH3 is 1. The molecule has 2 fully saturated rings. The lowest BCUT2D eigenvalue weighted by Gasteiger charge is -2.35. The maximum absolute atomic E-state index is 12.7. The zero-order valence-electron chi connectivity index (χ0n) is 18.3. The SMILES string of the molecule is COCCn1c(=O)n(C)c(=O)c2ccc(C3CCN(CC4CCCCC4)CC3)nc21. The summed E-state index contributed by atoms with van der Waals surface area (Å²) >= 11 is 0. The van der Waals surface area contributed by atoms with Crippen LogP contribution in [0.1, 0.15) is 56.6 Å². The van der Waals surface area contributed by atoms with E-state index in [1.165, 1.54) is 45.7 Å². The Bertz CT molecular complexity index is 982. The van der Waals surface area contributed by atoms with Gasteiger partial charge in [0, 0.05) is 32.3 Å². The predicted molar refractivity (Wildman–Crippen MR) is 118 cm³/mol. The third kappa shape index (κ3) is 4.37. The van der Waals surface area contributed by atoms with Crippen molar-refractivity contribution in [1.82, 2.24) is 19.0 Å². The van der Waals surface area contributed by atoms with Gasteiger partial charge in [0.1, 0.15) is 5.65 Å². The Morgan fingerprint density at radius 3 is 2.50 bits per heavy atom. The van der Waals surface area contributed by atoms with Crippen LogP contribution in [-0.4, -0.2) is 52.4 Å². The van der Waals surface area contributed by atoms with Crippen molar-refractivity contribution in [1.29, 1.82) is 0 Å². The van der Waals surface area contributed by atoms with Crippen LogP contribution in [0.5, 0.6) is 0 Å². The summed E-state index contributed by atoms with van der Waals surface area (Å²) in [5, 5.41) is 0.492. The fraction of sp³-hybridized carbons (Fsp3) is 0.696. The Morgan fingerprint density at radius 1 is 1.07 bits per heavy atom. The van der Waals surface area contributed by atoms with Gasteiger partial charge in [-0.2, -0.15) is 0 Å². The van der Waals surface area contributed by atoms with Crippen LogP contribution in [0.3, 0.4) is 0 Å². The Kier molecular flexibility index (Phi) is 6.68. The molecule has 30 heavy (non-hydrogen) atoms. The molecule has 0 radical (unpaired) electrons. The van der Waals surface area contributed by atoms with Crippen LogP contribution in [0.15, 0.2) is 21.7 Å². The van der Waals surface area contributed by atoms with Gasteiger partial charge < -0.3 is 9.64 Å². The highest BCUT2D eigenvalue weighted by Gasteiger charge is 2.25. The fourth-order valence-corrected chi connectivity index (χ4v) is 5.13. The standard InChI is InChI=1S/C23H34N4O3/c1-25-22(28)19-8-9-20(24-21(19)27(23(25)29)14-15-30-2)18-10-12-26(13-11-18)16-17-6-4-3-5-7-17/h8-9,17-18H,3-7,10-16H2,1-2H3. The van der Waals surface area contributed by atoms with Crippen LogP contribution in [0.25, 0.3) is 11.0 Å². The number of rotatable bonds is 6. The van der Waals surface area contributed by atoms with Crippen molar-refractivity contribution >= 4 is 11.0 Å². The van der Waals surface area contributed by atoms with E-state index in [2.05, 4.69) is 4.90 Å². The molecule has 3 heterocycles. The summed E-state index contributed by atoms with van der Waals surface area (Å²) < 4.78 is 7.89. The quantitative estimate of drug-likeness (QED) is 0.726. The highest BCUT2D eigenvalue weighted by molar-refractivity contribution is 5.74. The molecule has 0 atom stereocenters. The van der Waals surface area contributed by atoms with E-state index >= 15 is 0 Å². The van der Waals surface area contributed by atoms with Gasteiger partial charge in [0.25, 0.3) is 5.56 Å². The molecule has 0 amide bonds. The van der Waals surface area contributed by atoms with Crippen LogP contribution in [-0.2, 0) is 18.3 Å². The lowest BCUT2D eigenvalue weighted by atomic mass is 9.87. The van der Waals surface area contributed by atoms with E-state index in [0.717, 1.165) is 42.1 Å². The lowest BCUT2D eigenvalue weighted by molar-refractivity contribution is 0.163. The Labute approximate surface area is 177 Å². The van der Waals surface area contributed by atoms with E-state index in [4.69, 9.17) is 9.72 Å². The number of aromatic nitrogens is 3. The van der Waals surface area contributed by atoms with Gasteiger partial charge >= 0.3 is 5.69 Å². The normalized spacial score (nSPS) is 19.5. The number of nitrogens with zero attached hydrogens (tertiary/aromatic N) is 4. The van der Waals surface area contributed by atoms with Crippen molar-refractivity contribution in [2.45, 2.75) is 57.4 Å². The summed E-state index contributed by atoms with van der Waals surface area (Å²) in [7, 11) is 3.12. The molecular weight excluding hydrogens is 380 g/mol. The van der Waals surface area contributed by atoms with E-state index in [0.29, 0.717) is 30.1 Å². The topological polar surface area (TPSA) is 69.4 Å². The molecule has 164 valence electrons. The zero-order chi connectivity index (χ0) is 21.1. The Hall–Kier alpha value is -1.99. The minimum absolute atomic E-state index is 0.287. The summed E-state index contributed by atoms with van der Waals surface area (Å²) in [6.45, 7) is 4.24. The van der Waals surface area contributed by atoms with Gasteiger partial charge in [0.2, 0.25) is 0 Å². The van der Waals surface area contributed by atoms with Crippen LogP contribution in [0.4, 0.5) is 0 Å². The molecule has 2 aromatic heterocycles. The number of hydrogen-bond donors (Lipinski definition) is 0. The van der Waals surface area contributed by atoms with E-state index < -0.39 is 0 Å². The lowest BCUT2D eigenvalue weighted by Crippen LogP contribution is -2.39. The predicted octanol–water partition coefficient (Wildman–Crippen LogP) is 2.50. The molecule has 1 saturated heterocycles. The molecule has 1 saturated carbocycles. The van der Waals surface area contributed by atoms with Gasteiger partial charge in [0.15, 0.2) is 0 Å². The molecule has 4 rings (SSSR count). The van der Waals surface area contributed by atoms with E-state index in [1.54, 1.807) is 11.7 Å². The molecule has 2 aromatic rings. The monoisotopic (exact) mass is 414 g/mol. The molecule has 0 unspecified atom stereocenters. The molecule has 1 aliphatic heterocycles. The highest BCUT2D eigenvalue weighted by Crippen LogP contribution is 2.30. The molecule has 0 N–H and O–H groups in total. The number of pyridine rings is 1. The van der Waals surface area contributed by atoms with Gasteiger partial charge in [-0.1, -0.05) is 19.3 Å². The maximum Gasteiger partial charge on any atom is 0.332 e.